The smallest absolute Gasteiger partial charge is 0.205 e. The Balaban J connectivity index is 1.62. The van der Waals surface area contributed by atoms with E-state index in [4.69, 9.17) is 0 Å². The molecular formula is C30H24F8N2O2P2. The second-order valence-electron chi connectivity index (χ2n) is 10.5. The summed E-state index contributed by atoms with van der Waals surface area (Å²) in [6.45, 7) is 0. The molecule has 0 bridgehead atoms. The highest BCUT2D eigenvalue weighted by atomic mass is 31.2. The lowest BCUT2D eigenvalue weighted by Gasteiger charge is -2.38. The van der Waals surface area contributed by atoms with Crippen molar-refractivity contribution in [3.8, 4) is 0 Å². The summed E-state index contributed by atoms with van der Waals surface area (Å²) in [7, 11) is -8.92. The van der Waals surface area contributed by atoms with Crippen molar-refractivity contribution in [2.75, 3.05) is 0 Å². The van der Waals surface area contributed by atoms with Gasteiger partial charge in [0.1, 0.15) is 46.5 Å². The van der Waals surface area contributed by atoms with Gasteiger partial charge in [-0.2, -0.15) is 0 Å². The SMILES string of the molecule is O=P(N[C@@H]1CCCC[C@H]1NP(=O)(c1cc(F)cc(F)c1)c1cc(F)cc(F)c1)(c1cc(F)cc(F)c1)c1cc(F)cc(F)c1. The molecule has 1 saturated carbocycles. The lowest BCUT2D eigenvalue weighted by molar-refractivity contribution is 0.342. The second kappa shape index (κ2) is 12.6. The van der Waals surface area contributed by atoms with E-state index in [-0.39, 0.29) is 12.8 Å². The molecule has 0 heterocycles. The zero-order chi connectivity index (χ0) is 31.8. The summed E-state index contributed by atoms with van der Waals surface area (Å²) in [5.74, 6) is -8.87. The molecule has 14 heteroatoms. The van der Waals surface area contributed by atoms with Crippen molar-refractivity contribution in [2.24, 2.45) is 0 Å². The van der Waals surface area contributed by atoms with Gasteiger partial charge >= 0.3 is 0 Å². The molecule has 0 unspecified atom stereocenters. The number of hydrogen-bond donors (Lipinski definition) is 2. The van der Waals surface area contributed by atoms with Gasteiger partial charge in [0.25, 0.3) is 0 Å². The summed E-state index contributed by atoms with van der Waals surface area (Å²) < 4.78 is 144. The highest BCUT2D eigenvalue weighted by molar-refractivity contribution is 7.77. The lowest BCUT2D eigenvalue weighted by atomic mass is 9.92. The van der Waals surface area contributed by atoms with E-state index in [0.717, 1.165) is 48.5 Å². The second-order valence-corrected chi connectivity index (χ2v) is 15.5. The van der Waals surface area contributed by atoms with Crippen LogP contribution in [0.1, 0.15) is 25.7 Å². The number of halogens is 8. The number of nitrogens with one attached hydrogen (secondary N) is 2. The summed E-state index contributed by atoms with van der Waals surface area (Å²) >= 11 is 0. The van der Waals surface area contributed by atoms with Crippen LogP contribution in [0.15, 0.2) is 72.8 Å². The van der Waals surface area contributed by atoms with Crippen molar-refractivity contribution in [3.05, 3.63) is 119 Å². The molecule has 44 heavy (non-hydrogen) atoms. The van der Waals surface area contributed by atoms with Crippen molar-refractivity contribution >= 4 is 35.8 Å². The highest BCUT2D eigenvalue weighted by Crippen LogP contribution is 2.45. The standard InChI is InChI=1S/C30H24F8N2O2P2/c31-17-5-18(32)10-25(9-17)43(41,26-11-19(33)6-20(34)12-26)39-29-3-1-2-4-30(29)40-44(42,27-13-21(35)7-22(36)14-27)28-15-23(37)8-24(38)16-28/h5-16,29-30H,1-4H2,(H,39,41)(H,40,42)/t29-,30-/m1/s1. The van der Waals surface area contributed by atoms with Crippen LogP contribution in [0.4, 0.5) is 35.1 Å². The van der Waals surface area contributed by atoms with E-state index in [1.54, 1.807) is 0 Å². The molecule has 0 amide bonds. The molecule has 4 aromatic rings. The van der Waals surface area contributed by atoms with Crippen LogP contribution in [-0.4, -0.2) is 12.1 Å². The van der Waals surface area contributed by atoms with Crippen LogP contribution in [0.2, 0.25) is 0 Å². The molecule has 0 aromatic heterocycles. The maximum absolute atomic E-state index is 14.7. The topological polar surface area (TPSA) is 58.2 Å². The minimum absolute atomic E-state index is 0.187. The number of benzene rings is 4. The number of rotatable bonds is 8. The van der Waals surface area contributed by atoms with E-state index in [1.165, 1.54) is 0 Å². The summed E-state index contributed by atoms with van der Waals surface area (Å²) in [6, 6.07) is 6.13. The molecule has 4 aromatic carbocycles. The Kier molecular flexibility index (Phi) is 9.19. The third-order valence-electron chi connectivity index (χ3n) is 7.30. The van der Waals surface area contributed by atoms with Gasteiger partial charge in [-0.05, 0) is 61.4 Å². The van der Waals surface area contributed by atoms with Crippen molar-refractivity contribution in [1.82, 2.24) is 10.2 Å². The van der Waals surface area contributed by atoms with Gasteiger partial charge in [0.15, 0.2) is 0 Å². The van der Waals surface area contributed by atoms with E-state index in [1.807, 2.05) is 0 Å². The summed E-state index contributed by atoms with van der Waals surface area (Å²) in [5.41, 5.74) is 0. The first-order valence-electron chi connectivity index (χ1n) is 13.4. The van der Waals surface area contributed by atoms with Gasteiger partial charge in [-0.1, -0.05) is 12.8 Å². The van der Waals surface area contributed by atoms with Crippen molar-refractivity contribution < 1.29 is 44.3 Å². The fourth-order valence-electron chi connectivity index (χ4n) is 5.39. The summed E-state index contributed by atoms with van der Waals surface area (Å²) in [5, 5.41) is 3.80. The van der Waals surface area contributed by atoms with Gasteiger partial charge in [-0.3, -0.25) is 19.3 Å². The Bertz CT molecular complexity index is 1500. The average molecular weight is 658 g/mol. The van der Waals surface area contributed by atoms with E-state index in [2.05, 4.69) is 10.2 Å². The first-order valence-corrected chi connectivity index (χ1v) is 16.8. The Morgan fingerprint density at radius 1 is 0.409 bits per heavy atom. The van der Waals surface area contributed by atoms with E-state index < -0.39 is 94.4 Å². The van der Waals surface area contributed by atoms with Gasteiger partial charge < -0.3 is 0 Å². The highest BCUT2D eigenvalue weighted by Gasteiger charge is 2.40. The average Bonchev–Trinajstić information content (AvgIpc) is 2.92. The van der Waals surface area contributed by atoms with Crippen LogP contribution in [0.3, 0.4) is 0 Å². The third kappa shape index (κ3) is 6.84. The predicted molar refractivity (Wildman–Crippen MR) is 151 cm³/mol. The molecule has 0 radical (unpaired) electrons. The van der Waals surface area contributed by atoms with E-state index in [0.29, 0.717) is 37.1 Å². The molecule has 0 spiro atoms. The van der Waals surface area contributed by atoms with Crippen LogP contribution in [0.5, 0.6) is 0 Å². The van der Waals surface area contributed by atoms with Crippen LogP contribution < -0.4 is 31.4 Å². The molecule has 1 fully saturated rings. The summed E-state index contributed by atoms with van der Waals surface area (Å²) in [6.07, 6.45) is 1.37. The quantitative estimate of drug-likeness (QED) is 0.169. The van der Waals surface area contributed by atoms with Gasteiger partial charge in [-0.15, -0.1) is 0 Å². The Morgan fingerprint density at radius 3 is 0.818 bits per heavy atom. The van der Waals surface area contributed by atoms with Crippen molar-refractivity contribution in [1.29, 1.82) is 0 Å². The largest absolute Gasteiger partial charge is 0.297 e. The normalized spacial score (nSPS) is 17.5. The molecule has 4 nitrogen and oxygen atoms in total. The molecule has 0 aliphatic heterocycles. The number of hydrogen-bond acceptors (Lipinski definition) is 2. The molecule has 232 valence electrons. The molecule has 1 aliphatic rings. The first-order chi connectivity index (χ1) is 20.7. The van der Waals surface area contributed by atoms with Gasteiger partial charge in [0.05, 0.1) is 0 Å². The molecule has 5 rings (SSSR count). The van der Waals surface area contributed by atoms with Crippen LogP contribution in [0.25, 0.3) is 0 Å². The van der Waals surface area contributed by atoms with Crippen LogP contribution >= 0.6 is 14.6 Å². The zero-order valence-electron chi connectivity index (χ0n) is 22.6. The van der Waals surface area contributed by atoms with E-state index in [9.17, 15) is 44.3 Å². The Hall–Kier alpha value is -3.30. The fourth-order valence-corrected chi connectivity index (χ4v) is 10.6. The van der Waals surface area contributed by atoms with Gasteiger partial charge in [-0.25, -0.2) is 35.1 Å². The van der Waals surface area contributed by atoms with E-state index >= 15 is 0 Å². The lowest BCUT2D eigenvalue weighted by Crippen LogP contribution is -2.51. The van der Waals surface area contributed by atoms with Crippen LogP contribution in [0, 0.1) is 46.5 Å². The molecular weight excluding hydrogens is 634 g/mol. The maximum atomic E-state index is 14.7. The van der Waals surface area contributed by atoms with Gasteiger partial charge in [0, 0.05) is 57.6 Å². The van der Waals surface area contributed by atoms with Crippen molar-refractivity contribution in [3.63, 3.8) is 0 Å². The fraction of sp³-hybridized carbons (Fsp3) is 0.200. The Morgan fingerprint density at radius 2 is 0.614 bits per heavy atom. The van der Waals surface area contributed by atoms with Gasteiger partial charge in [0.2, 0.25) is 14.6 Å². The maximum Gasteiger partial charge on any atom is 0.205 e. The predicted octanol–water partition coefficient (Wildman–Crippen LogP) is 6.45. The molecule has 1 aliphatic carbocycles. The minimum Gasteiger partial charge on any atom is -0.297 e. The zero-order valence-corrected chi connectivity index (χ0v) is 24.4. The molecule has 0 saturated heterocycles. The first kappa shape index (κ1) is 32.1. The Labute approximate surface area is 247 Å². The monoisotopic (exact) mass is 658 g/mol. The van der Waals surface area contributed by atoms with Crippen LogP contribution in [-0.2, 0) is 9.13 Å². The minimum atomic E-state index is -4.46. The third-order valence-corrected chi connectivity index (χ3v) is 12.6. The summed E-state index contributed by atoms with van der Waals surface area (Å²) in [4.78, 5) is 0. The molecule has 2 N–H and O–H groups in total. The molecule has 2 atom stereocenters. The van der Waals surface area contributed by atoms with Crippen molar-refractivity contribution in [2.45, 2.75) is 37.8 Å².